The van der Waals surface area contributed by atoms with Crippen LogP contribution in [0, 0.1) is 0 Å². The van der Waals surface area contributed by atoms with Gasteiger partial charge < -0.3 is 15.1 Å². The van der Waals surface area contributed by atoms with Crippen LogP contribution in [0.2, 0.25) is 0 Å². The normalized spacial score (nSPS) is 12.9. The third kappa shape index (κ3) is 5.29. The minimum atomic E-state index is -0.0849. The Morgan fingerprint density at radius 1 is 1.21 bits per heavy atom. The standard InChI is InChI=1S/C20H28N6O2S/c1-6-7-16-22-18(28-25-16)13(2)29-19-24-23-17(26(19)21)12-27-15-10-8-14(9-11-15)20(3,4)5/h8-11,13H,6-7,12,21H2,1-5H3/t13-/m0/s1. The summed E-state index contributed by atoms with van der Waals surface area (Å²) >= 11 is 1.41. The van der Waals surface area contributed by atoms with Gasteiger partial charge in [0.15, 0.2) is 11.6 Å². The molecule has 2 heterocycles. The maximum Gasteiger partial charge on any atom is 0.239 e. The number of hydrogen-bond acceptors (Lipinski definition) is 8. The quantitative estimate of drug-likeness (QED) is 0.433. The fourth-order valence-electron chi connectivity index (χ4n) is 2.65. The first-order chi connectivity index (χ1) is 13.8. The van der Waals surface area contributed by atoms with Gasteiger partial charge in [-0.15, -0.1) is 10.2 Å². The van der Waals surface area contributed by atoms with Crippen molar-refractivity contribution in [3.8, 4) is 5.75 Å². The van der Waals surface area contributed by atoms with Gasteiger partial charge in [-0.25, -0.2) is 4.68 Å². The molecule has 0 spiro atoms. The van der Waals surface area contributed by atoms with Crippen molar-refractivity contribution in [2.45, 2.75) is 69.9 Å². The maximum atomic E-state index is 6.15. The predicted molar refractivity (Wildman–Crippen MR) is 112 cm³/mol. The third-order valence-electron chi connectivity index (χ3n) is 4.41. The van der Waals surface area contributed by atoms with Gasteiger partial charge in [-0.1, -0.05) is 56.7 Å². The topological polar surface area (TPSA) is 105 Å². The zero-order chi connectivity index (χ0) is 21.0. The van der Waals surface area contributed by atoms with Gasteiger partial charge in [-0.05, 0) is 36.5 Å². The van der Waals surface area contributed by atoms with Crippen molar-refractivity contribution in [2.75, 3.05) is 5.84 Å². The molecule has 0 aliphatic rings. The number of nitrogens with zero attached hydrogens (tertiary/aromatic N) is 5. The highest BCUT2D eigenvalue weighted by molar-refractivity contribution is 7.99. The first-order valence-electron chi connectivity index (χ1n) is 9.69. The number of thioether (sulfide) groups is 1. The van der Waals surface area contributed by atoms with Crippen molar-refractivity contribution in [1.29, 1.82) is 0 Å². The lowest BCUT2D eigenvalue weighted by Crippen LogP contribution is -2.16. The molecule has 3 rings (SSSR count). The highest BCUT2D eigenvalue weighted by atomic mass is 32.2. The van der Waals surface area contributed by atoms with Gasteiger partial charge >= 0.3 is 0 Å². The van der Waals surface area contributed by atoms with E-state index < -0.39 is 0 Å². The molecule has 8 nitrogen and oxygen atoms in total. The molecule has 0 radical (unpaired) electrons. The number of aryl methyl sites for hydroxylation is 1. The van der Waals surface area contributed by atoms with Gasteiger partial charge in [0.2, 0.25) is 11.0 Å². The molecule has 0 bridgehead atoms. The minimum Gasteiger partial charge on any atom is -0.486 e. The van der Waals surface area contributed by atoms with Crippen LogP contribution < -0.4 is 10.6 Å². The average Bonchev–Trinajstić information content (AvgIpc) is 3.28. The van der Waals surface area contributed by atoms with Gasteiger partial charge in [-0.2, -0.15) is 4.98 Å². The van der Waals surface area contributed by atoms with Crippen LogP contribution in [-0.2, 0) is 18.4 Å². The molecule has 0 fully saturated rings. The zero-order valence-electron chi connectivity index (χ0n) is 17.5. The summed E-state index contributed by atoms with van der Waals surface area (Å²) < 4.78 is 12.6. The first-order valence-corrected chi connectivity index (χ1v) is 10.6. The number of hydrogen-bond donors (Lipinski definition) is 1. The number of nitrogen functional groups attached to an aromatic ring is 1. The van der Waals surface area contributed by atoms with E-state index in [1.807, 2.05) is 19.1 Å². The Bertz CT molecular complexity index is 929. The van der Waals surface area contributed by atoms with E-state index in [9.17, 15) is 0 Å². The SMILES string of the molecule is CCCc1noc([C@H](C)Sc2nnc(COc3ccc(C(C)(C)C)cc3)n2N)n1. The molecule has 3 aromatic rings. The third-order valence-corrected chi connectivity index (χ3v) is 5.46. The second-order valence-electron chi connectivity index (χ2n) is 7.89. The Labute approximate surface area is 175 Å². The van der Waals surface area contributed by atoms with Crippen LogP contribution in [0.3, 0.4) is 0 Å². The van der Waals surface area contributed by atoms with Gasteiger partial charge in [0.25, 0.3) is 0 Å². The molecule has 156 valence electrons. The molecule has 0 aliphatic carbocycles. The smallest absolute Gasteiger partial charge is 0.239 e. The van der Waals surface area contributed by atoms with Crippen LogP contribution >= 0.6 is 11.8 Å². The van der Waals surface area contributed by atoms with E-state index in [0.29, 0.717) is 16.9 Å². The summed E-state index contributed by atoms with van der Waals surface area (Å²) in [4.78, 5) is 4.41. The lowest BCUT2D eigenvalue weighted by molar-refractivity contribution is 0.291. The molecule has 9 heteroatoms. The Morgan fingerprint density at radius 3 is 2.59 bits per heavy atom. The summed E-state index contributed by atoms with van der Waals surface area (Å²) in [6.45, 7) is 10.8. The maximum absolute atomic E-state index is 6.15. The van der Waals surface area contributed by atoms with Crippen LogP contribution in [0.4, 0.5) is 0 Å². The highest BCUT2D eigenvalue weighted by Crippen LogP contribution is 2.32. The Balaban J connectivity index is 1.60. The molecule has 0 amide bonds. The Morgan fingerprint density at radius 2 is 1.93 bits per heavy atom. The Kier molecular flexibility index (Phi) is 6.46. The van der Waals surface area contributed by atoms with E-state index in [1.165, 1.54) is 22.0 Å². The van der Waals surface area contributed by atoms with Crippen molar-refractivity contribution in [2.24, 2.45) is 0 Å². The fourth-order valence-corrected chi connectivity index (χ4v) is 3.47. The molecular formula is C20H28N6O2S. The lowest BCUT2D eigenvalue weighted by atomic mass is 9.87. The second-order valence-corrected chi connectivity index (χ2v) is 9.20. The van der Waals surface area contributed by atoms with E-state index in [1.54, 1.807) is 0 Å². The summed E-state index contributed by atoms with van der Waals surface area (Å²) in [5.74, 6) is 8.72. The van der Waals surface area contributed by atoms with E-state index in [4.69, 9.17) is 15.1 Å². The summed E-state index contributed by atoms with van der Waals surface area (Å²) in [5.41, 5.74) is 1.36. The number of aromatic nitrogens is 5. The van der Waals surface area contributed by atoms with E-state index >= 15 is 0 Å². The summed E-state index contributed by atoms with van der Waals surface area (Å²) in [6.07, 6.45) is 1.77. The largest absolute Gasteiger partial charge is 0.486 e. The molecule has 0 aliphatic heterocycles. The molecule has 0 unspecified atom stereocenters. The molecule has 29 heavy (non-hydrogen) atoms. The molecule has 0 saturated carbocycles. The van der Waals surface area contributed by atoms with E-state index in [2.05, 4.69) is 60.2 Å². The summed E-state index contributed by atoms with van der Waals surface area (Å²) in [5, 5.41) is 12.8. The molecule has 0 saturated heterocycles. The van der Waals surface area contributed by atoms with Crippen LogP contribution in [0.5, 0.6) is 5.75 Å². The van der Waals surface area contributed by atoms with Gasteiger partial charge in [0, 0.05) is 6.42 Å². The van der Waals surface area contributed by atoms with Crippen molar-refractivity contribution in [1.82, 2.24) is 25.0 Å². The number of nitrogens with two attached hydrogens (primary N) is 1. The highest BCUT2D eigenvalue weighted by Gasteiger charge is 2.20. The fraction of sp³-hybridized carbons (Fsp3) is 0.500. The van der Waals surface area contributed by atoms with Crippen molar-refractivity contribution < 1.29 is 9.26 Å². The minimum absolute atomic E-state index is 0.0849. The van der Waals surface area contributed by atoms with Crippen LogP contribution in [0.25, 0.3) is 0 Å². The van der Waals surface area contributed by atoms with Gasteiger partial charge in [0.05, 0.1) is 5.25 Å². The summed E-state index contributed by atoms with van der Waals surface area (Å²) in [6, 6.07) is 8.06. The first kappa shape index (κ1) is 21.2. The number of ether oxygens (including phenoxy) is 1. The van der Waals surface area contributed by atoms with E-state index in [-0.39, 0.29) is 17.3 Å². The number of rotatable bonds is 8. The average molecular weight is 417 g/mol. The second kappa shape index (κ2) is 8.86. The van der Waals surface area contributed by atoms with Gasteiger partial charge in [-0.3, -0.25) is 0 Å². The van der Waals surface area contributed by atoms with Crippen molar-refractivity contribution in [3.63, 3.8) is 0 Å². The lowest BCUT2D eigenvalue weighted by Gasteiger charge is -2.19. The van der Waals surface area contributed by atoms with Gasteiger partial charge in [0.1, 0.15) is 12.4 Å². The molecular weight excluding hydrogens is 388 g/mol. The molecule has 2 aromatic heterocycles. The number of benzene rings is 1. The molecule has 1 atom stereocenters. The predicted octanol–water partition coefficient (Wildman–Crippen LogP) is 4.06. The van der Waals surface area contributed by atoms with Crippen LogP contribution in [-0.4, -0.2) is 25.0 Å². The monoisotopic (exact) mass is 416 g/mol. The van der Waals surface area contributed by atoms with E-state index in [0.717, 1.165) is 24.4 Å². The zero-order valence-corrected chi connectivity index (χ0v) is 18.4. The van der Waals surface area contributed by atoms with Crippen molar-refractivity contribution >= 4 is 11.8 Å². The van der Waals surface area contributed by atoms with Crippen molar-refractivity contribution in [3.05, 3.63) is 47.4 Å². The molecule has 2 N–H and O–H groups in total. The Hall–Kier alpha value is -2.55. The molecule has 1 aromatic carbocycles. The summed E-state index contributed by atoms with van der Waals surface area (Å²) in [7, 11) is 0. The van der Waals surface area contributed by atoms with Crippen LogP contribution in [0.15, 0.2) is 33.9 Å². The van der Waals surface area contributed by atoms with Crippen LogP contribution in [0.1, 0.15) is 69.4 Å².